The lowest BCUT2D eigenvalue weighted by Gasteiger charge is -2.17. The second-order valence-corrected chi connectivity index (χ2v) is 5.97. The Balaban J connectivity index is 1.66. The first-order valence-corrected chi connectivity index (χ1v) is 7.81. The third-order valence-corrected chi connectivity index (χ3v) is 4.41. The maximum absolute atomic E-state index is 12.5. The molecular formula is C17H17ClN2O3. The van der Waals surface area contributed by atoms with Crippen LogP contribution in [0.15, 0.2) is 41.0 Å². The highest BCUT2D eigenvalue weighted by atomic mass is 35.5. The van der Waals surface area contributed by atoms with Crippen LogP contribution in [0.25, 0.3) is 0 Å². The zero-order chi connectivity index (χ0) is 16.4. The fraction of sp³-hybridized carbons (Fsp3) is 0.294. The number of halogens is 1. The summed E-state index contributed by atoms with van der Waals surface area (Å²) in [6, 6.07) is 9.01. The average molecular weight is 333 g/mol. The zero-order valence-corrected chi connectivity index (χ0v) is 13.5. The van der Waals surface area contributed by atoms with Crippen molar-refractivity contribution in [2.45, 2.75) is 19.9 Å². The van der Waals surface area contributed by atoms with Crippen molar-refractivity contribution in [3.05, 3.63) is 52.9 Å². The largest absolute Gasteiger partial charge is 0.467 e. The first-order chi connectivity index (χ1) is 11.1. The molecular weight excluding hydrogens is 316 g/mol. The van der Waals surface area contributed by atoms with Gasteiger partial charge in [0.2, 0.25) is 11.8 Å². The molecule has 2 amide bonds. The van der Waals surface area contributed by atoms with Crippen LogP contribution in [0.3, 0.4) is 0 Å². The number of hydrogen-bond donors (Lipinski definition) is 1. The van der Waals surface area contributed by atoms with Gasteiger partial charge >= 0.3 is 0 Å². The molecule has 1 fully saturated rings. The maximum atomic E-state index is 12.5. The quantitative estimate of drug-likeness (QED) is 0.876. The molecule has 0 saturated carbocycles. The molecule has 1 aliphatic heterocycles. The molecule has 1 atom stereocenters. The van der Waals surface area contributed by atoms with Crippen molar-refractivity contribution in [3.63, 3.8) is 0 Å². The highest BCUT2D eigenvalue weighted by Crippen LogP contribution is 2.29. The smallest absolute Gasteiger partial charge is 0.239 e. The Kier molecular flexibility index (Phi) is 4.39. The van der Waals surface area contributed by atoms with E-state index in [1.165, 1.54) is 0 Å². The van der Waals surface area contributed by atoms with Gasteiger partial charge in [-0.2, -0.15) is 0 Å². The fourth-order valence-electron chi connectivity index (χ4n) is 2.64. The van der Waals surface area contributed by atoms with Crippen LogP contribution in [0.2, 0.25) is 5.02 Å². The van der Waals surface area contributed by atoms with E-state index in [4.69, 9.17) is 16.0 Å². The van der Waals surface area contributed by atoms with E-state index < -0.39 is 5.92 Å². The minimum atomic E-state index is -0.662. The van der Waals surface area contributed by atoms with Gasteiger partial charge in [0.25, 0.3) is 0 Å². The van der Waals surface area contributed by atoms with Gasteiger partial charge in [0.05, 0.1) is 12.8 Å². The van der Waals surface area contributed by atoms with E-state index in [2.05, 4.69) is 5.32 Å². The van der Waals surface area contributed by atoms with Gasteiger partial charge < -0.3 is 14.6 Å². The third-order valence-electron chi connectivity index (χ3n) is 4.01. The standard InChI is InChI=1S/C17H17ClN2O3/c1-11-4-5-12(9-15(11)18)20-7-6-14(17(20)22)16(21)19-10-13-3-2-8-23-13/h2-5,8-9,14H,6-7,10H2,1H3,(H,19,21)/t14-/m1/s1. The van der Waals surface area contributed by atoms with Crippen LogP contribution >= 0.6 is 11.6 Å². The Bertz CT molecular complexity index is 727. The SMILES string of the molecule is Cc1ccc(N2CC[C@H](C(=O)NCc3ccco3)C2=O)cc1Cl. The number of anilines is 1. The van der Waals surface area contributed by atoms with E-state index in [-0.39, 0.29) is 18.4 Å². The molecule has 23 heavy (non-hydrogen) atoms. The second kappa shape index (κ2) is 6.46. The summed E-state index contributed by atoms with van der Waals surface area (Å²) < 4.78 is 5.16. The van der Waals surface area contributed by atoms with Crippen LogP contribution in [0, 0.1) is 12.8 Å². The summed E-state index contributed by atoms with van der Waals surface area (Å²) >= 11 is 6.12. The summed E-state index contributed by atoms with van der Waals surface area (Å²) in [5.41, 5.74) is 1.68. The molecule has 0 aliphatic carbocycles. The lowest BCUT2D eigenvalue weighted by atomic mass is 10.1. The zero-order valence-electron chi connectivity index (χ0n) is 12.7. The van der Waals surface area contributed by atoms with E-state index in [1.54, 1.807) is 29.4 Å². The van der Waals surface area contributed by atoms with Crippen molar-refractivity contribution in [1.29, 1.82) is 0 Å². The van der Waals surface area contributed by atoms with E-state index in [1.807, 2.05) is 19.1 Å². The number of furan rings is 1. The molecule has 5 nitrogen and oxygen atoms in total. The fourth-order valence-corrected chi connectivity index (χ4v) is 2.81. The maximum Gasteiger partial charge on any atom is 0.239 e. The second-order valence-electron chi connectivity index (χ2n) is 5.56. The molecule has 0 spiro atoms. The highest BCUT2D eigenvalue weighted by molar-refractivity contribution is 6.31. The summed E-state index contributed by atoms with van der Waals surface area (Å²) in [7, 11) is 0. The number of carbonyl (C=O) groups excluding carboxylic acids is 2. The predicted molar refractivity (Wildman–Crippen MR) is 87.2 cm³/mol. The summed E-state index contributed by atoms with van der Waals surface area (Å²) in [5, 5.41) is 3.36. The molecule has 0 unspecified atom stereocenters. The molecule has 2 aromatic rings. The number of nitrogens with zero attached hydrogens (tertiary/aromatic N) is 1. The Hall–Kier alpha value is -2.27. The van der Waals surface area contributed by atoms with Crippen molar-refractivity contribution in [1.82, 2.24) is 5.32 Å². The number of carbonyl (C=O) groups is 2. The minimum absolute atomic E-state index is 0.193. The molecule has 1 N–H and O–H groups in total. The first-order valence-electron chi connectivity index (χ1n) is 7.44. The lowest BCUT2D eigenvalue weighted by molar-refractivity contribution is -0.132. The molecule has 3 rings (SSSR count). The van der Waals surface area contributed by atoms with E-state index in [9.17, 15) is 9.59 Å². The van der Waals surface area contributed by atoms with E-state index in [0.29, 0.717) is 23.7 Å². The normalized spacial score (nSPS) is 17.6. The van der Waals surface area contributed by atoms with Gasteiger partial charge in [-0.25, -0.2) is 0 Å². The molecule has 1 saturated heterocycles. The summed E-state index contributed by atoms with van der Waals surface area (Å²) in [6.45, 7) is 2.70. The van der Waals surface area contributed by atoms with Crippen LogP contribution in [-0.4, -0.2) is 18.4 Å². The van der Waals surface area contributed by atoms with E-state index >= 15 is 0 Å². The van der Waals surface area contributed by atoms with Gasteiger partial charge in [-0.1, -0.05) is 17.7 Å². The van der Waals surface area contributed by atoms with E-state index in [0.717, 1.165) is 11.3 Å². The molecule has 1 aliphatic rings. The summed E-state index contributed by atoms with van der Waals surface area (Å²) in [4.78, 5) is 26.3. The Labute approximate surface area is 139 Å². The average Bonchev–Trinajstić information content (AvgIpc) is 3.17. The van der Waals surface area contributed by atoms with Gasteiger partial charge in [-0.3, -0.25) is 9.59 Å². The summed E-state index contributed by atoms with van der Waals surface area (Å²) in [5.74, 6) is -0.468. The molecule has 2 heterocycles. The molecule has 1 aromatic carbocycles. The van der Waals surface area contributed by atoms with Crippen molar-refractivity contribution in [3.8, 4) is 0 Å². The predicted octanol–water partition coefficient (Wildman–Crippen LogP) is 2.91. The van der Waals surface area contributed by atoms with Crippen molar-refractivity contribution < 1.29 is 14.0 Å². The monoisotopic (exact) mass is 332 g/mol. The minimum Gasteiger partial charge on any atom is -0.467 e. The van der Waals surface area contributed by atoms with Gasteiger partial charge in [-0.15, -0.1) is 0 Å². The van der Waals surface area contributed by atoms with Crippen LogP contribution in [-0.2, 0) is 16.1 Å². The van der Waals surface area contributed by atoms with Gasteiger partial charge in [0.1, 0.15) is 11.7 Å². The molecule has 0 bridgehead atoms. The Morgan fingerprint density at radius 3 is 2.96 bits per heavy atom. The molecule has 0 radical (unpaired) electrons. The third kappa shape index (κ3) is 3.24. The highest BCUT2D eigenvalue weighted by Gasteiger charge is 2.37. The van der Waals surface area contributed by atoms with Crippen LogP contribution < -0.4 is 10.2 Å². The van der Waals surface area contributed by atoms with Gasteiger partial charge in [0, 0.05) is 17.3 Å². The van der Waals surface area contributed by atoms with Crippen LogP contribution in [0.1, 0.15) is 17.7 Å². The number of benzene rings is 1. The molecule has 6 heteroatoms. The Morgan fingerprint density at radius 2 is 2.26 bits per heavy atom. The number of rotatable bonds is 4. The van der Waals surface area contributed by atoms with Crippen molar-refractivity contribution >= 4 is 29.1 Å². The van der Waals surface area contributed by atoms with Crippen LogP contribution in [0.5, 0.6) is 0 Å². The van der Waals surface area contributed by atoms with Gasteiger partial charge in [0.15, 0.2) is 0 Å². The number of nitrogens with one attached hydrogen (secondary N) is 1. The number of aryl methyl sites for hydroxylation is 1. The first kappa shape index (κ1) is 15.6. The lowest BCUT2D eigenvalue weighted by Crippen LogP contribution is -2.36. The topological polar surface area (TPSA) is 62.6 Å². The molecule has 120 valence electrons. The number of hydrogen-bond acceptors (Lipinski definition) is 3. The molecule has 1 aromatic heterocycles. The Morgan fingerprint density at radius 1 is 1.43 bits per heavy atom. The van der Waals surface area contributed by atoms with Crippen molar-refractivity contribution in [2.75, 3.05) is 11.4 Å². The van der Waals surface area contributed by atoms with Crippen molar-refractivity contribution in [2.24, 2.45) is 5.92 Å². The van der Waals surface area contributed by atoms with Gasteiger partial charge in [-0.05, 0) is 43.2 Å². The summed E-state index contributed by atoms with van der Waals surface area (Å²) in [6.07, 6.45) is 2.04. The van der Waals surface area contributed by atoms with Crippen LogP contribution in [0.4, 0.5) is 5.69 Å². The number of amides is 2.